The van der Waals surface area contributed by atoms with Gasteiger partial charge in [-0.15, -0.1) is 0 Å². The van der Waals surface area contributed by atoms with Crippen molar-refractivity contribution >= 4 is 17.6 Å². The van der Waals surface area contributed by atoms with Gasteiger partial charge in [-0.25, -0.2) is 9.18 Å². The van der Waals surface area contributed by atoms with Crippen molar-refractivity contribution in [1.82, 2.24) is 5.16 Å². The van der Waals surface area contributed by atoms with Gasteiger partial charge >= 0.3 is 5.97 Å². The first-order chi connectivity index (χ1) is 10.4. The predicted octanol–water partition coefficient (Wildman–Crippen LogP) is 2.61. The van der Waals surface area contributed by atoms with Gasteiger partial charge in [0.05, 0.1) is 5.69 Å². The van der Waals surface area contributed by atoms with Gasteiger partial charge < -0.3 is 14.6 Å². The molecule has 0 spiro atoms. The summed E-state index contributed by atoms with van der Waals surface area (Å²) in [7, 11) is 0. The number of halogens is 1. The lowest BCUT2D eigenvalue weighted by Gasteiger charge is -2.13. The van der Waals surface area contributed by atoms with Crippen LogP contribution >= 0.6 is 0 Å². The van der Waals surface area contributed by atoms with Crippen LogP contribution in [0.15, 0.2) is 28.8 Å². The predicted molar refractivity (Wildman–Crippen MR) is 75.9 cm³/mol. The monoisotopic (exact) mass is 306 g/mol. The highest BCUT2D eigenvalue weighted by molar-refractivity contribution is 5.97. The summed E-state index contributed by atoms with van der Waals surface area (Å²) in [6.45, 7) is 4.60. The topological polar surface area (TPSA) is 81.4 Å². The maximum atomic E-state index is 13.0. The van der Waals surface area contributed by atoms with Gasteiger partial charge in [-0.05, 0) is 39.0 Å². The van der Waals surface area contributed by atoms with E-state index in [-0.39, 0.29) is 11.3 Å². The number of esters is 1. The number of nitrogens with one attached hydrogen (secondary N) is 1. The number of aryl methyl sites for hydroxylation is 2. The Balaban J connectivity index is 2.01. The van der Waals surface area contributed by atoms with E-state index in [2.05, 4.69) is 10.5 Å². The molecule has 0 saturated heterocycles. The van der Waals surface area contributed by atoms with Crippen LogP contribution in [-0.4, -0.2) is 23.1 Å². The van der Waals surface area contributed by atoms with Crippen LogP contribution < -0.4 is 5.32 Å². The van der Waals surface area contributed by atoms with Crippen LogP contribution in [0.5, 0.6) is 0 Å². The van der Waals surface area contributed by atoms with Crippen molar-refractivity contribution in [3.63, 3.8) is 0 Å². The van der Waals surface area contributed by atoms with E-state index >= 15 is 0 Å². The molecular formula is C15H15FN2O4. The SMILES string of the molecule is Cc1noc(C)c1C(=O)O[C@H](C)C(=O)Nc1cccc(F)c1. The van der Waals surface area contributed by atoms with Crippen molar-refractivity contribution in [3.05, 3.63) is 47.1 Å². The summed E-state index contributed by atoms with van der Waals surface area (Å²) in [6.07, 6.45) is -1.05. The van der Waals surface area contributed by atoms with E-state index in [0.717, 1.165) is 0 Å². The molecule has 1 amide bonds. The molecule has 0 unspecified atom stereocenters. The van der Waals surface area contributed by atoms with Gasteiger partial charge in [-0.3, -0.25) is 4.79 Å². The van der Waals surface area contributed by atoms with Crippen LogP contribution in [-0.2, 0) is 9.53 Å². The Labute approximate surface area is 126 Å². The van der Waals surface area contributed by atoms with Gasteiger partial charge in [-0.2, -0.15) is 0 Å². The number of carbonyl (C=O) groups is 2. The lowest BCUT2D eigenvalue weighted by Crippen LogP contribution is -2.30. The minimum absolute atomic E-state index is 0.199. The highest BCUT2D eigenvalue weighted by Gasteiger charge is 2.24. The van der Waals surface area contributed by atoms with Gasteiger partial charge in [0.25, 0.3) is 5.91 Å². The summed E-state index contributed by atoms with van der Waals surface area (Å²) in [6, 6.07) is 5.42. The van der Waals surface area contributed by atoms with Crippen molar-refractivity contribution in [3.8, 4) is 0 Å². The van der Waals surface area contributed by atoms with Crippen molar-refractivity contribution in [2.75, 3.05) is 5.32 Å². The molecule has 0 saturated carbocycles. The van der Waals surface area contributed by atoms with E-state index in [9.17, 15) is 14.0 Å². The van der Waals surface area contributed by atoms with Crippen LogP contribution in [0, 0.1) is 19.7 Å². The second-order valence-electron chi connectivity index (χ2n) is 4.75. The molecule has 2 rings (SSSR count). The van der Waals surface area contributed by atoms with Crippen LogP contribution in [0.1, 0.15) is 28.7 Å². The molecule has 1 aromatic carbocycles. The lowest BCUT2D eigenvalue weighted by atomic mass is 10.2. The normalized spacial score (nSPS) is 11.8. The van der Waals surface area contributed by atoms with E-state index in [0.29, 0.717) is 11.5 Å². The molecule has 0 aliphatic rings. The molecule has 0 bridgehead atoms. The van der Waals surface area contributed by atoms with Gasteiger partial charge in [0, 0.05) is 5.69 Å². The first kappa shape index (κ1) is 15.7. The first-order valence-electron chi connectivity index (χ1n) is 6.58. The average Bonchev–Trinajstić information content (AvgIpc) is 2.78. The minimum atomic E-state index is -1.05. The zero-order valence-corrected chi connectivity index (χ0v) is 12.3. The maximum absolute atomic E-state index is 13.0. The fraction of sp³-hybridized carbons (Fsp3) is 0.267. The number of ether oxygens (including phenoxy) is 1. The van der Waals surface area contributed by atoms with Gasteiger partial charge in [0.15, 0.2) is 6.10 Å². The number of hydrogen-bond acceptors (Lipinski definition) is 5. The zero-order valence-electron chi connectivity index (χ0n) is 12.3. The number of aromatic nitrogens is 1. The van der Waals surface area contributed by atoms with E-state index < -0.39 is 23.8 Å². The third-order valence-corrected chi connectivity index (χ3v) is 2.98. The summed E-state index contributed by atoms with van der Waals surface area (Å²) >= 11 is 0. The third-order valence-electron chi connectivity index (χ3n) is 2.98. The molecule has 0 radical (unpaired) electrons. The molecule has 1 heterocycles. The summed E-state index contributed by atoms with van der Waals surface area (Å²) in [5.74, 6) is -1.41. The number of carbonyl (C=O) groups excluding carboxylic acids is 2. The summed E-state index contributed by atoms with van der Waals surface area (Å²) in [4.78, 5) is 24.0. The fourth-order valence-electron chi connectivity index (χ4n) is 1.86. The molecular weight excluding hydrogens is 291 g/mol. The quantitative estimate of drug-likeness (QED) is 0.878. The second kappa shape index (κ2) is 6.38. The molecule has 0 aliphatic carbocycles. The van der Waals surface area contributed by atoms with Crippen molar-refractivity contribution in [2.24, 2.45) is 0 Å². The van der Waals surface area contributed by atoms with Crippen LogP contribution in [0.2, 0.25) is 0 Å². The van der Waals surface area contributed by atoms with Crippen LogP contribution in [0.25, 0.3) is 0 Å². The second-order valence-corrected chi connectivity index (χ2v) is 4.75. The number of hydrogen-bond donors (Lipinski definition) is 1. The smallest absolute Gasteiger partial charge is 0.344 e. The van der Waals surface area contributed by atoms with Crippen molar-refractivity contribution in [1.29, 1.82) is 0 Å². The molecule has 1 aromatic heterocycles. The molecule has 1 N–H and O–H groups in total. The van der Waals surface area contributed by atoms with E-state index in [4.69, 9.17) is 9.26 Å². The highest BCUT2D eigenvalue weighted by Crippen LogP contribution is 2.15. The molecule has 2 aromatic rings. The van der Waals surface area contributed by atoms with Crippen LogP contribution in [0.3, 0.4) is 0 Å². The van der Waals surface area contributed by atoms with Gasteiger partial charge in [0.1, 0.15) is 17.1 Å². The molecule has 7 heteroatoms. The molecule has 0 fully saturated rings. The standard InChI is InChI=1S/C15H15FN2O4/c1-8-13(9(2)22-18-8)15(20)21-10(3)14(19)17-12-6-4-5-11(16)7-12/h4-7,10H,1-3H3,(H,17,19)/t10-/m1/s1. The Morgan fingerprint density at radius 3 is 2.68 bits per heavy atom. The van der Waals surface area contributed by atoms with E-state index in [1.807, 2.05) is 0 Å². The Morgan fingerprint density at radius 1 is 1.36 bits per heavy atom. The molecule has 22 heavy (non-hydrogen) atoms. The number of anilines is 1. The first-order valence-corrected chi connectivity index (χ1v) is 6.58. The fourth-order valence-corrected chi connectivity index (χ4v) is 1.86. The van der Waals surface area contributed by atoms with Crippen molar-refractivity contribution in [2.45, 2.75) is 26.9 Å². The van der Waals surface area contributed by atoms with Gasteiger partial charge in [0.2, 0.25) is 0 Å². The highest BCUT2D eigenvalue weighted by atomic mass is 19.1. The molecule has 1 atom stereocenters. The number of benzene rings is 1. The minimum Gasteiger partial charge on any atom is -0.449 e. The summed E-state index contributed by atoms with van der Waals surface area (Å²) in [5, 5.41) is 6.12. The Morgan fingerprint density at radius 2 is 2.09 bits per heavy atom. The average molecular weight is 306 g/mol. The Bertz CT molecular complexity index is 692. The van der Waals surface area contributed by atoms with Crippen LogP contribution in [0.4, 0.5) is 10.1 Å². The third kappa shape index (κ3) is 3.49. The van der Waals surface area contributed by atoms with Gasteiger partial charge in [-0.1, -0.05) is 11.2 Å². The molecule has 116 valence electrons. The largest absolute Gasteiger partial charge is 0.449 e. The number of amides is 1. The molecule has 0 aliphatic heterocycles. The van der Waals surface area contributed by atoms with Crippen molar-refractivity contribution < 1.29 is 23.2 Å². The van der Waals surface area contributed by atoms with E-state index in [1.165, 1.54) is 31.2 Å². The summed E-state index contributed by atoms with van der Waals surface area (Å²) < 4.78 is 23.0. The maximum Gasteiger partial charge on any atom is 0.344 e. The Kier molecular flexibility index (Phi) is 4.55. The Hall–Kier alpha value is -2.70. The lowest BCUT2D eigenvalue weighted by molar-refractivity contribution is -0.123. The zero-order chi connectivity index (χ0) is 16.3. The summed E-state index contributed by atoms with van der Waals surface area (Å²) in [5.41, 5.74) is 0.871. The number of nitrogens with zero attached hydrogens (tertiary/aromatic N) is 1. The molecule has 6 nitrogen and oxygen atoms in total. The number of rotatable bonds is 4. The van der Waals surface area contributed by atoms with E-state index in [1.54, 1.807) is 13.8 Å².